The molecule has 1 amide bonds. The second-order valence-corrected chi connectivity index (χ2v) is 6.11. The molecule has 1 unspecified atom stereocenters. The molecule has 1 N–H and O–H groups in total. The second kappa shape index (κ2) is 9.62. The maximum atomic E-state index is 12.2. The molecule has 2 aromatic rings. The molecule has 0 aliphatic heterocycles. The van der Waals surface area contributed by atoms with Crippen LogP contribution in [0.2, 0.25) is 0 Å². The van der Waals surface area contributed by atoms with Crippen LogP contribution in [-0.4, -0.2) is 31.2 Å². The summed E-state index contributed by atoms with van der Waals surface area (Å²) in [4.78, 5) is 24.1. The first kappa shape index (κ1) is 20.3. The highest BCUT2D eigenvalue weighted by Gasteiger charge is 2.18. The van der Waals surface area contributed by atoms with E-state index in [1.165, 1.54) is 6.92 Å². The monoisotopic (exact) mass is 371 g/mol. The Kier molecular flexibility index (Phi) is 7.23. The van der Waals surface area contributed by atoms with Gasteiger partial charge in [-0.15, -0.1) is 0 Å². The zero-order chi connectivity index (χ0) is 19.8. The van der Waals surface area contributed by atoms with E-state index in [0.717, 1.165) is 16.9 Å². The Bertz CT molecular complexity index is 786. The predicted molar refractivity (Wildman–Crippen MR) is 103 cm³/mol. The van der Waals surface area contributed by atoms with E-state index in [-0.39, 0.29) is 6.61 Å². The molecule has 0 heterocycles. The third-order valence-electron chi connectivity index (χ3n) is 3.95. The lowest BCUT2D eigenvalue weighted by Gasteiger charge is -2.14. The summed E-state index contributed by atoms with van der Waals surface area (Å²) in [5, 5.41) is 2.69. The van der Waals surface area contributed by atoms with Gasteiger partial charge < -0.3 is 19.5 Å². The largest absolute Gasteiger partial charge is 0.494 e. The average molecular weight is 371 g/mol. The van der Waals surface area contributed by atoms with Gasteiger partial charge in [-0.3, -0.25) is 4.79 Å². The summed E-state index contributed by atoms with van der Waals surface area (Å²) >= 11 is 0. The first-order valence-electron chi connectivity index (χ1n) is 8.82. The molecule has 0 aliphatic carbocycles. The van der Waals surface area contributed by atoms with Crippen molar-refractivity contribution in [2.24, 2.45) is 0 Å². The lowest BCUT2D eigenvalue weighted by atomic mass is 10.1. The van der Waals surface area contributed by atoms with Crippen molar-refractivity contribution in [3.05, 3.63) is 53.6 Å². The van der Waals surface area contributed by atoms with Gasteiger partial charge in [0, 0.05) is 5.69 Å². The van der Waals surface area contributed by atoms with E-state index in [9.17, 15) is 9.59 Å². The van der Waals surface area contributed by atoms with Gasteiger partial charge in [0.2, 0.25) is 0 Å². The van der Waals surface area contributed by atoms with E-state index in [2.05, 4.69) is 5.32 Å². The molecule has 0 saturated carbocycles. The van der Waals surface area contributed by atoms with Gasteiger partial charge in [0.15, 0.2) is 12.7 Å². The maximum Gasteiger partial charge on any atom is 0.344 e. The number of hydrogen-bond donors (Lipinski definition) is 1. The van der Waals surface area contributed by atoms with Gasteiger partial charge in [-0.1, -0.05) is 6.07 Å². The summed E-state index contributed by atoms with van der Waals surface area (Å²) < 4.78 is 15.9. The number of rotatable bonds is 8. The van der Waals surface area contributed by atoms with Gasteiger partial charge in [0.1, 0.15) is 11.5 Å². The van der Waals surface area contributed by atoms with Crippen LogP contribution >= 0.6 is 0 Å². The zero-order valence-corrected chi connectivity index (χ0v) is 16.1. The van der Waals surface area contributed by atoms with E-state index in [1.54, 1.807) is 30.3 Å². The minimum absolute atomic E-state index is 0.261. The van der Waals surface area contributed by atoms with E-state index >= 15 is 0 Å². The van der Waals surface area contributed by atoms with Crippen molar-refractivity contribution < 1.29 is 23.8 Å². The molecule has 0 aliphatic rings. The smallest absolute Gasteiger partial charge is 0.344 e. The van der Waals surface area contributed by atoms with Gasteiger partial charge in [-0.05, 0) is 75.2 Å². The Balaban J connectivity index is 1.80. The fourth-order valence-electron chi connectivity index (χ4n) is 2.28. The summed E-state index contributed by atoms with van der Waals surface area (Å²) in [5.74, 6) is 0.279. The summed E-state index contributed by atoms with van der Waals surface area (Å²) in [6.07, 6.45) is -0.938. The zero-order valence-electron chi connectivity index (χ0n) is 16.1. The van der Waals surface area contributed by atoms with Crippen LogP contribution in [0.1, 0.15) is 25.0 Å². The average Bonchev–Trinajstić information content (AvgIpc) is 2.64. The number of benzene rings is 2. The Morgan fingerprint density at radius 3 is 2.26 bits per heavy atom. The summed E-state index contributed by atoms with van der Waals surface area (Å²) in [6.45, 7) is 7.69. The Morgan fingerprint density at radius 1 is 0.963 bits per heavy atom. The van der Waals surface area contributed by atoms with Crippen LogP contribution in [0.25, 0.3) is 0 Å². The van der Waals surface area contributed by atoms with Gasteiger partial charge >= 0.3 is 5.97 Å². The van der Waals surface area contributed by atoms with Crippen LogP contribution < -0.4 is 14.8 Å². The lowest BCUT2D eigenvalue weighted by Crippen LogP contribution is -2.31. The van der Waals surface area contributed by atoms with Gasteiger partial charge in [0.25, 0.3) is 5.91 Å². The van der Waals surface area contributed by atoms with Crippen molar-refractivity contribution in [3.8, 4) is 11.5 Å². The van der Waals surface area contributed by atoms with Crippen molar-refractivity contribution in [1.82, 2.24) is 0 Å². The number of esters is 1. The van der Waals surface area contributed by atoms with Crippen LogP contribution in [0.3, 0.4) is 0 Å². The third-order valence-corrected chi connectivity index (χ3v) is 3.95. The van der Waals surface area contributed by atoms with Crippen LogP contribution in [-0.2, 0) is 14.3 Å². The number of hydrogen-bond acceptors (Lipinski definition) is 5. The first-order valence-corrected chi connectivity index (χ1v) is 8.82. The van der Waals surface area contributed by atoms with Crippen molar-refractivity contribution in [2.45, 2.75) is 33.8 Å². The van der Waals surface area contributed by atoms with Crippen molar-refractivity contribution >= 4 is 17.6 Å². The molecule has 0 radical (unpaired) electrons. The number of aryl methyl sites for hydroxylation is 2. The number of nitrogens with one attached hydrogen (secondary N) is 1. The van der Waals surface area contributed by atoms with Crippen LogP contribution in [0.5, 0.6) is 11.5 Å². The summed E-state index contributed by atoms with van der Waals surface area (Å²) in [5.41, 5.74) is 2.81. The predicted octanol–water partition coefficient (Wildman–Crippen LogP) is 3.65. The molecule has 0 bridgehead atoms. The minimum atomic E-state index is -0.938. The Hall–Kier alpha value is -3.02. The van der Waals surface area contributed by atoms with Crippen molar-refractivity contribution in [3.63, 3.8) is 0 Å². The van der Waals surface area contributed by atoms with Gasteiger partial charge in [0.05, 0.1) is 6.61 Å². The summed E-state index contributed by atoms with van der Waals surface area (Å²) in [6, 6.07) is 12.5. The highest BCUT2D eigenvalue weighted by Crippen LogP contribution is 2.17. The normalized spacial score (nSPS) is 11.4. The molecule has 27 heavy (non-hydrogen) atoms. The molecular weight excluding hydrogens is 346 g/mol. The third kappa shape index (κ3) is 6.33. The lowest BCUT2D eigenvalue weighted by molar-refractivity contribution is -0.155. The highest BCUT2D eigenvalue weighted by molar-refractivity contribution is 5.95. The molecular formula is C21H25NO5. The van der Waals surface area contributed by atoms with Crippen molar-refractivity contribution in [1.29, 1.82) is 0 Å². The second-order valence-electron chi connectivity index (χ2n) is 6.11. The van der Waals surface area contributed by atoms with E-state index in [4.69, 9.17) is 14.2 Å². The van der Waals surface area contributed by atoms with Crippen LogP contribution in [0, 0.1) is 13.8 Å². The number of amides is 1. The molecule has 6 nitrogen and oxygen atoms in total. The molecule has 0 aromatic heterocycles. The minimum Gasteiger partial charge on any atom is -0.494 e. The van der Waals surface area contributed by atoms with Gasteiger partial charge in [-0.25, -0.2) is 4.79 Å². The Labute approximate surface area is 159 Å². The molecule has 0 saturated heterocycles. The van der Waals surface area contributed by atoms with E-state index in [1.807, 2.05) is 32.9 Å². The number of anilines is 1. The first-order chi connectivity index (χ1) is 12.9. The molecule has 2 rings (SSSR count). The fourth-order valence-corrected chi connectivity index (χ4v) is 2.28. The quantitative estimate of drug-likeness (QED) is 0.717. The number of carbonyl (C=O) groups excluding carboxylic acids is 2. The molecule has 1 atom stereocenters. The van der Waals surface area contributed by atoms with E-state index < -0.39 is 18.0 Å². The summed E-state index contributed by atoms with van der Waals surface area (Å²) in [7, 11) is 0. The number of carbonyl (C=O) groups is 2. The molecule has 6 heteroatoms. The van der Waals surface area contributed by atoms with E-state index in [0.29, 0.717) is 18.0 Å². The topological polar surface area (TPSA) is 73.9 Å². The SMILES string of the molecule is CCOc1ccc(NC(=O)C(C)OC(=O)COc2ccc(C)c(C)c2)cc1. The number of ether oxygens (including phenoxy) is 3. The fraction of sp³-hybridized carbons (Fsp3) is 0.333. The molecule has 0 fully saturated rings. The standard InChI is InChI=1S/C21H25NO5/c1-5-25-18-10-7-17(8-11-18)22-21(24)16(4)27-20(23)13-26-19-9-6-14(2)15(3)12-19/h6-12,16H,5,13H2,1-4H3,(H,22,24). The van der Waals surface area contributed by atoms with Crippen LogP contribution in [0.4, 0.5) is 5.69 Å². The van der Waals surface area contributed by atoms with Gasteiger partial charge in [-0.2, -0.15) is 0 Å². The molecule has 144 valence electrons. The molecule has 0 spiro atoms. The maximum absolute atomic E-state index is 12.2. The molecule has 2 aromatic carbocycles. The van der Waals surface area contributed by atoms with Crippen molar-refractivity contribution in [2.75, 3.05) is 18.5 Å². The van der Waals surface area contributed by atoms with Crippen LogP contribution in [0.15, 0.2) is 42.5 Å². The Morgan fingerprint density at radius 2 is 1.63 bits per heavy atom. The highest BCUT2D eigenvalue weighted by atomic mass is 16.6.